The van der Waals surface area contributed by atoms with Gasteiger partial charge in [0.2, 0.25) is 5.88 Å². The maximum Gasteiger partial charge on any atom is 0.267 e. The first-order valence-electron chi connectivity index (χ1n) is 5.57. The van der Waals surface area contributed by atoms with Crippen LogP contribution in [0.25, 0.3) is 0 Å². The molecule has 0 aromatic carbocycles. The third-order valence-corrected chi connectivity index (χ3v) is 2.43. The van der Waals surface area contributed by atoms with Crippen molar-refractivity contribution in [1.82, 2.24) is 15.1 Å². The molecule has 0 spiro atoms. The van der Waals surface area contributed by atoms with Gasteiger partial charge >= 0.3 is 0 Å². The van der Waals surface area contributed by atoms with Gasteiger partial charge in [-0.05, 0) is 19.2 Å². The van der Waals surface area contributed by atoms with Crippen molar-refractivity contribution in [3.05, 3.63) is 46.1 Å². The Bertz CT molecular complexity index is 574. The second-order valence-electron chi connectivity index (χ2n) is 3.77. The van der Waals surface area contributed by atoms with Gasteiger partial charge in [0.25, 0.3) is 5.56 Å². The summed E-state index contributed by atoms with van der Waals surface area (Å²) in [5, 5.41) is 7.04. The van der Waals surface area contributed by atoms with Crippen LogP contribution in [-0.4, -0.2) is 23.9 Å². The first-order valence-corrected chi connectivity index (χ1v) is 5.57. The van der Waals surface area contributed by atoms with E-state index in [0.29, 0.717) is 24.7 Å². The Morgan fingerprint density at radius 1 is 1.33 bits per heavy atom. The van der Waals surface area contributed by atoms with E-state index in [1.807, 2.05) is 19.2 Å². The standard InChI is InChI=1S/C12H15N3O3/c1-13-7-9-3-4-10(18-9)8-15-12(16)6-5-11(14-15)17-2/h3-6,13H,7-8H2,1-2H3. The number of furan rings is 1. The molecular weight excluding hydrogens is 234 g/mol. The average Bonchev–Trinajstić information content (AvgIpc) is 2.80. The fraction of sp³-hybridized carbons (Fsp3) is 0.333. The van der Waals surface area contributed by atoms with Crippen LogP contribution in [0.15, 0.2) is 33.5 Å². The van der Waals surface area contributed by atoms with Crippen molar-refractivity contribution in [2.45, 2.75) is 13.1 Å². The highest BCUT2D eigenvalue weighted by atomic mass is 16.5. The summed E-state index contributed by atoms with van der Waals surface area (Å²) in [5.74, 6) is 1.91. The molecule has 18 heavy (non-hydrogen) atoms. The monoisotopic (exact) mass is 249 g/mol. The van der Waals surface area contributed by atoms with Crippen LogP contribution in [0.4, 0.5) is 0 Å². The van der Waals surface area contributed by atoms with E-state index in [1.165, 1.54) is 23.9 Å². The second-order valence-corrected chi connectivity index (χ2v) is 3.77. The minimum absolute atomic E-state index is 0.192. The fourth-order valence-corrected chi connectivity index (χ4v) is 1.58. The Kier molecular flexibility index (Phi) is 3.78. The molecule has 2 aromatic heterocycles. The number of nitrogens with one attached hydrogen (secondary N) is 1. The van der Waals surface area contributed by atoms with E-state index < -0.39 is 0 Å². The highest BCUT2D eigenvalue weighted by Crippen LogP contribution is 2.09. The van der Waals surface area contributed by atoms with Crippen molar-refractivity contribution in [2.75, 3.05) is 14.2 Å². The Morgan fingerprint density at radius 2 is 2.11 bits per heavy atom. The maximum atomic E-state index is 11.6. The van der Waals surface area contributed by atoms with Crippen LogP contribution in [0.1, 0.15) is 11.5 Å². The third kappa shape index (κ3) is 2.78. The molecule has 96 valence electrons. The molecule has 0 atom stereocenters. The van der Waals surface area contributed by atoms with E-state index in [9.17, 15) is 4.79 Å². The minimum atomic E-state index is -0.192. The van der Waals surface area contributed by atoms with E-state index in [0.717, 1.165) is 5.76 Å². The molecule has 0 saturated carbocycles. The third-order valence-electron chi connectivity index (χ3n) is 2.43. The topological polar surface area (TPSA) is 69.3 Å². The summed E-state index contributed by atoms with van der Waals surface area (Å²) in [6, 6.07) is 6.66. The largest absolute Gasteiger partial charge is 0.480 e. The van der Waals surface area contributed by atoms with E-state index in [4.69, 9.17) is 9.15 Å². The van der Waals surface area contributed by atoms with Crippen LogP contribution in [-0.2, 0) is 13.1 Å². The Labute approximate surface area is 104 Å². The van der Waals surface area contributed by atoms with E-state index in [1.54, 1.807) is 0 Å². The fourth-order valence-electron chi connectivity index (χ4n) is 1.58. The van der Waals surface area contributed by atoms with E-state index >= 15 is 0 Å². The molecule has 6 nitrogen and oxygen atoms in total. The van der Waals surface area contributed by atoms with Gasteiger partial charge in [-0.25, -0.2) is 4.68 Å². The SMILES string of the molecule is CNCc1ccc(Cn2nc(OC)ccc2=O)o1. The van der Waals surface area contributed by atoms with Crippen LogP contribution in [0, 0.1) is 0 Å². The molecule has 0 aliphatic carbocycles. The van der Waals surface area contributed by atoms with Crippen LogP contribution in [0.5, 0.6) is 5.88 Å². The molecule has 0 aliphatic rings. The minimum Gasteiger partial charge on any atom is -0.480 e. The van der Waals surface area contributed by atoms with Gasteiger partial charge in [-0.2, -0.15) is 0 Å². The van der Waals surface area contributed by atoms with Crippen LogP contribution >= 0.6 is 0 Å². The predicted molar refractivity (Wildman–Crippen MR) is 65.6 cm³/mol. The predicted octanol–water partition coefficient (Wildman–Crippen LogP) is 0.613. The Balaban J connectivity index is 2.19. The molecule has 0 fully saturated rings. The first kappa shape index (κ1) is 12.4. The first-order chi connectivity index (χ1) is 8.72. The van der Waals surface area contributed by atoms with Gasteiger partial charge in [0.15, 0.2) is 0 Å². The van der Waals surface area contributed by atoms with E-state index in [2.05, 4.69) is 10.4 Å². The molecule has 0 amide bonds. The highest BCUT2D eigenvalue weighted by molar-refractivity contribution is 5.09. The van der Waals surface area contributed by atoms with Crippen LogP contribution in [0.2, 0.25) is 0 Å². The molecule has 0 radical (unpaired) electrons. The quantitative estimate of drug-likeness (QED) is 0.841. The molecule has 2 heterocycles. The summed E-state index contributed by atoms with van der Waals surface area (Å²) in [6.07, 6.45) is 0. The molecule has 0 bridgehead atoms. The van der Waals surface area contributed by atoms with Gasteiger partial charge in [0, 0.05) is 12.1 Å². The van der Waals surface area contributed by atoms with Gasteiger partial charge in [-0.3, -0.25) is 4.79 Å². The van der Waals surface area contributed by atoms with E-state index in [-0.39, 0.29) is 5.56 Å². The summed E-state index contributed by atoms with van der Waals surface area (Å²) in [5.41, 5.74) is -0.192. The van der Waals surface area contributed by atoms with Gasteiger partial charge in [0.1, 0.15) is 18.1 Å². The number of nitrogens with zero attached hydrogens (tertiary/aromatic N) is 2. The number of aromatic nitrogens is 2. The highest BCUT2D eigenvalue weighted by Gasteiger charge is 2.05. The van der Waals surface area contributed by atoms with Crippen molar-refractivity contribution >= 4 is 0 Å². The van der Waals surface area contributed by atoms with Gasteiger partial charge in [-0.15, -0.1) is 5.10 Å². The molecule has 0 unspecified atom stereocenters. The summed E-state index contributed by atoms with van der Waals surface area (Å²) >= 11 is 0. The van der Waals surface area contributed by atoms with Crippen molar-refractivity contribution in [2.24, 2.45) is 0 Å². The van der Waals surface area contributed by atoms with Crippen LogP contribution in [0.3, 0.4) is 0 Å². The Morgan fingerprint density at radius 3 is 2.83 bits per heavy atom. The summed E-state index contributed by atoms with van der Waals surface area (Å²) in [4.78, 5) is 11.6. The molecular formula is C12H15N3O3. The van der Waals surface area contributed by atoms with Crippen molar-refractivity contribution < 1.29 is 9.15 Å². The zero-order valence-electron chi connectivity index (χ0n) is 10.3. The molecule has 2 rings (SSSR count). The second kappa shape index (κ2) is 5.50. The zero-order chi connectivity index (χ0) is 13.0. The molecule has 0 saturated heterocycles. The lowest BCUT2D eigenvalue weighted by Crippen LogP contribution is -2.22. The van der Waals surface area contributed by atoms with Gasteiger partial charge < -0.3 is 14.5 Å². The maximum absolute atomic E-state index is 11.6. The normalized spacial score (nSPS) is 10.6. The van der Waals surface area contributed by atoms with Gasteiger partial charge in [0.05, 0.1) is 13.7 Å². The summed E-state index contributed by atoms with van der Waals surface area (Å²) in [7, 11) is 3.35. The lowest BCUT2D eigenvalue weighted by atomic mass is 10.4. The van der Waals surface area contributed by atoms with Crippen molar-refractivity contribution in [1.29, 1.82) is 0 Å². The molecule has 0 aliphatic heterocycles. The van der Waals surface area contributed by atoms with Gasteiger partial charge in [-0.1, -0.05) is 0 Å². The number of hydrogen-bond donors (Lipinski definition) is 1. The number of hydrogen-bond acceptors (Lipinski definition) is 5. The van der Waals surface area contributed by atoms with Crippen molar-refractivity contribution in [3.8, 4) is 5.88 Å². The molecule has 1 N–H and O–H groups in total. The summed E-state index contributed by atoms with van der Waals surface area (Å²) in [6.45, 7) is 0.945. The summed E-state index contributed by atoms with van der Waals surface area (Å²) < 4.78 is 11.8. The molecule has 2 aromatic rings. The Hall–Kier alpha value is -2.08. The van der Waals surface area contributed by atoms with Crippen molar-refractivity contribution in [3.63, 3.8) is 0 Å². The lowest BCUT2D eigenvalue weighted by molar-refractivity contribution is 0.371. The number of methoxy groups -OCH3 is 1. The zero-order valence-corrected chi connectivity index (χ0v) is 10.3. The smallest absolute Gasteiger partial charge is 0.267 e. The van der Waals surface area contributed by atoms with Crippen LogP contribution < -0.4 is 15.6 Å². The lowest BCUT2D eigenvalue weighted by Gasteiger charge is -2.04. The number of rotatable bonds is 5. The average molecular weight is 249 g/mol. The number of ether oxygens (including phenoxy) is 1. The molecule has 6 heteroatoms.